The van der Waals surface area contributed by atoms with Crippen LogP contribution in [0.4, 0.5) is 0 Å². The van der Waals surface area contributed by atoms with E-state index in [1.54, 1.807) is 12.1 Å². The average molecular weight is 272 g/mol. The third-order valence-corrected chi connectivity index (χ3v) is 3.36. The predicted octanol–water partition coefficient (Wildman–Crippen LogP) is 5.13. The Labute approximate surface area is 114 Å². The molecule has 0 radical (unpaired) electrons. The number of hydrogen-bond donors (Lipinski definition) is 1. The molecule has 94 valence electrons. The highest BCUT2D eigenvalue weighted by Crippen LogP contribution is 2.27. The molecule has 0 saturated carbocycles. The van der Waals surface area contributed by atoms with Gasteiger partial charge in [0.25, 0.3) is 0 Å². The summed E-state index contributed by atoms with van der Waals surface area (Å²) >= 11 is 12.0. The Bertz CT molecular complexity index is 363. The number of rotatable bonds is 7. The second-order valence-corrected chi connectivity index (χ2v) is 5.04. The Kier molecular flexibility index (Phi) is 6.64. The quantitative estimate of drug-likeness (QED) is 0.540. The first-order chi connectivity index (χ1) is 8.15. The van der Waals surface area contributed by atoms with Crippen LogP contribution in [0.15, 0.2) is 30.9 Å². The van der Waals surface area contributed by atoms with E-state index in [0.29, 0.717) is 10.0 Å². The van der Waals surface area contributed by atoms with Crippen molar-refractivity contribution in [3.63, 3.8) is 0 Å². The molecule has 0 aromatic heterocycles. The van der Waals surface area contributed by atoms with Crippen molar-refractivity contribution in [1.82, 2.24) is 0 Å². The van der Waals surface area contributed by atoms with Crippen molar-refractivity contribution in [1.29, 1.82) is 0 Å². The molecule has 0 heterocycles. The first-order valence-electron chi connectivity index (χ1n) is 5.96. The molecule has 0 aliphatic rings. The molecular weight excluding hydrogens is 253 g/mol. The van der Waals surface area contributed by atoms with Gasteiger partial charge in [-0.3, -0.25) is 0 Å². The number of hydrogen-bond acceptors (Lipinski definition) is 1. The molecule has 0 amide bonds. The SMILES string of the molecule is C=CCCCCCC(N)c1cc(Cl)ccc1Cl. The lowest BCUT2D eigenvalue weighted by molar-refractivity contribution is 0.572. The second kappa shape index (κ2) is 7.75. The Morgan fingerprint density at radius 2 is 2.00 bits per heavy atom. The minimum atomic E-state index is -0.0232. The van der Waals surface area contributed by atoms with Gasteiger partial charge in [-0.05, 0) is 43.0 Å². The number of benzene rings is 1. The lowest BCUT2D eigenvalue weighted by atomic mass is 10.0. The largest absolute Gasteiger partial charge is 0.324 e. The van der Waals surface area contributed by atoms with E-state index in [9.17, 15) is 0 Å². The van der Waals surface area contributed by atoms with Crippen LogP contribution in [-0.2, 0) is 0 Å². The third kappa shape index (κ3) is 5.12. The van der Waals surface area contributed by atoms with Gasteiger partial charge in [-0.25, -0.2) is 0 Å². The number of nitrogens with two attached hydrogens (primary N) is 1. The fourth-order valence-electron chi connectivity index (χ4n) is 1.78. The maximum Gasteiger partial charge on any atom is 0.0454 e. The smallest absolute Gasteiger partial charge is 0.0454 e. The molecule has 1 rings (SSSR count). The van der Waals surface area contributed by atoms with Gasteiger partial charge in [0.2, 0.25) is 0 Å². The van der Waals surface area contributed by atoms with Gasteiger partial charge < -0.3 is 5.73 Å². The van der Waals surface area contributed by atoms with Crippen molar-refractivity contribution >= 4 is 23.2 Å². The van der Waals surface area contributed by atoms with Gasteiger partial charge in [-0.2, -0.15) is 0 Å². The molecule has 0 spiro atoms. The Hall–Kier alpha value is -0.500. The van der Waals surface area contributed by atoms with Gasteiger partial charge in [0.15, 0.2) is 0 Å². The molecule has 0 saturated heterocycles. The monoisotopic (exact) mass is 271 g/mol. The standard InChI is InChI=1S/C14H19Cl2N/c1-2-3-4-5-6-7-14(17)12-10-11(15)8-9-13(12)16/h2,8-10,14H,1,3-7,17H2. The van der Waals surface area contributed by atoms with E-state index in [1.165, 1.54) is 12.8 Å². The highest BCUT2D eigenvalue weighted by atomic mass is 35.5. The Balaban J connectivity index is 2.43. The molecule has 17 heavy (non-hydrogen) atoms. The average Bonchev–Trinajstić information content (AvgIpc) is 2.32. The summed E-state index contributed by atoms with van der Waals surface area (Å²) in [6.45, 7) is 3.71. The van der Waals surface area contributed by atoms with E-state index in [0.717, 1.165) is 24.8 Å². The summed E-state index contributed by atoms with van der Waals surface area (Å²) in [5, 5.41) is 1.39. The highest BCUT2D eigenvalue weighted by Gasteiger charge is 2.10. The van der Waals surface area contributed by atoms with Crippen LogP contribution in [0.3, 0.4) is 0 Å². The van der Waals surface area contributed by atoms with Gasteiger partial charge in [-0.15, -0.1) is 6.58 Å². The number of unbranched alkanes of at least 4 members (excludes halogenated alkanes) is 3. The highest BCUT2D eigenvalue weighted by molar-refractivity contribution is 6.33. The van der Waals surface area contributed by atoms with Crippen LogP contribution in [0.5, 0.6) is 0 Å². The Morgan fingerprint density at radius 3 is 2.71 bits per heavy atom. The molecule has 0 aliphatic heterocycles. The van der Waals surface area contributed by atoms with Gasteiger partial charge >= 0.3 is 0 Å². The van der Waals surface area contributed by atoms with Crippen LogP contribution in [0.25, 0.3) is 0 Å². The van der Waals surface area contributed by atoms with Crippen molar-refractivity contribution in [3.05, 3.63) is 46.5 Å². The van der Waals surface area contributed by atoms with Crippen LogP contribution < -0.4 is 5.73 Å². The van der Waals surface area contributed by atoms with Gasteiger partial charge in [0, 0.05) is 16.1 Å². The molecule has 0 fully saturated rings. The minimum absolute atomic E-state index is 0.0232. The molecule has 0 bridgehead atoms. The van der Waals surface area contributed by atoms with Crippen LogP contribution in [0.1, 0.15) is 43.7 Å². The predicted molar refractivity (Wildman–Crippen MR) is 76.7 cm³/mol. The van der Waals surface area contributed by atoms with E-state index >= 15 is 0 Å². The third-order valence-electron chi connectivity index (χ3n) is 2.78. The van der Waals surface area contributed by atoms with Crippen LogP contribution in [-0.4, -0.2) is 0 Å². The van der Waals surface area contributed by atoms with Crippen LogP contribution in [0, 0.1) is 0 Å². The van der Waals surface area contributed by atoms with Crippen molar-refractivity contribution in [2.45, 2.75) is 38.1 Å². The minimum Gasteiger partial charge on any atom is -0.324 e. The van der Waals surface area contributed by atoms with Gasteiger partial charge in [0.05, 0.1) is 0 Å². The summed E-state index contributed by atoms with van der Waals surface area (Å²) in [4.78, 5) is 0. The normalized spacial score (nSPS) is 12.4. The molecule has 3 heteroatoms. The van der Waals surface area contributed by atoms with Crippen LogP contribution in [0.2, 0.25) is 10.0 Å². The summed E-state index contributed by atoms with van der Waals surface area (Å²) in [5.74, 6) is 0. The summed E-state index contributed by atoms with van der Waals surface area (Å²) in [6.07, 6.45) is 7.44. The Morgan fingerprint density at radius 1 is 1.24 bits per heavy atom. The van der Waals surface area contributed by atoms with Gasteiger partial charge in [-0.1, -0.05) is 42.1 Å². The van der Waals surface area contributed by atoms with Crippen molar-refractivity contribution in [2.24, 2.45) is 5.73 Å². The summed E-state index contributed by atoms with van der Waals surface area (Å²) in [6, 6.07) is 5.42. The molecule has 1 aromatic carbocycles. The summed E-state index contributed by atoms with van der Waals surface area (Å²) in [5.41, 5.74) is 7.06. The van der Waals surface area contributed by atoms with E-state index in [4.69, 9.17) is 28.9 Å². The first kappa shape index (κ1) is 14.6. The zero-order chi connectivity index (χ0) is 12.7. The van der Waals surface area contributed by atoms with Crippen molar-refractivity contribution in [3.8, 4) is 0 Å². The first-order valence-corrected chi connectivity index (χ1v) is 6.72. The molecule has 1 aromatic rings. The van der Waals surface area contributed by atoms with E-state index in [1.807, 2.05) is 12.1 Å². The molecule has 1 atom stereocenters. The number of allylic oxidation sites excluding steroid dienone is 1. The summed E-state index contributed by atoms with van der Waals surface area (Å²) in [7, 11) is 0. The molecule has 2 N–H and O–H groups in total. The lowest BCUT2D eigenvalue weighted by Gasteiger charge is -2.13. The molecule has 1 nitrogen and oxygen atoms in total. The maximum absolute atomic E-state index is 6.12. The van der Waals surface area contributed by atoms with E-state index in [-0.39, 0.29) is 6.04 Å². The van der Waals surface area contributed by atoms with Crippen molar-refractivity contribution < 1.29 is 0 Å². The zero-order valence-corrected chi connectivity index (χ0v) is 11.5. The zero-order valence-electron chi connectivity index (χ0n) is 9.96. The molecule has 1 unspecified atom stereocenters. The summed E-state index contributed by atoms with van der Waals surface area (Å²) < 4.78 is 0. The molecule has 0 aliphatic carbocycles. The van der Waals surface area contributed by atoms with E-state index in [2.05, 4.69) is 6.58 Å². The molecular formula is C14H19Cl2N. The topological polar surface area (TPSA) is 26.0 Å². The van der Waals surface area contributed by atoms with Crippen LogP contribution >= 0.6 is 23.2 Å². The van der Waals surface area contributed by atoms with Crippen molar-refractivity contribution in [2.75, 3.05) is 0 Å². The van der Waals surface area contributed by atoms with E-state index < -0.39 is 0 Å². The lowest BCUT2D eigenvalue weighted by Crippen LogP contribution is -2.10. The second-order valence-electron chi connectivity index (χ2n) is 4.20. The maximum atomic E-state index is 6.12. The fraction of sp³-hybridized carbons (Fsp3) is 0.429. The fourth-order valence-corrected chi connectivity index (χ4v) is 2.22. The number of halogens is 2. The van der Waals surface area contributed by atoms with Gasteiger partial charge in [0.1, 0.15) is 0 Å².